The van der Waals surface area contributed by atoms with E-state index in [0.717, 1.165) is 28.3 Å². The Bertz CT molecular complexity index is 1010. The monoisotopic (exact) mass is 403 g/mol. The molecule has 0 aromatic heterocycles. The van der Waals surface area contributed by atoms with Crippen molar-refractivity contribution in [3.05, 3.63) is 83.9 Å². The Morgan fingerprint density at radius 3 is 1.83 bits per heavy atom. The molecule has 0 saturated heterocycles. The summed E-state index contributed by atoms with van der Waals surface area (Å²) in [7, 11) is 4.91. The largest absolute Gasteiger partial charge is 0.497 e. The minimum absolute atomic E-state index is 0.0195. The van der Waals surface area contributed by atoms with E-state index in [0.29, 0.717) is 12.2 Å². The first-order valence-electron chi connectivity index (χ1n) is 9.84. The quantitative estimate of drug-likeness (QED) is 0.624. The number of nitrogens with one attached hydrogen (secondary N) is 1. The maximum absolute atomic E-state index is 13.2. The average Bonchev–Trinajstić information content (AvgIpc) is 3.56. The highest BCUT2D eigenvalue weighted by atomic mass is 16.5. The molecule has 4 rings (SSSR count). The van der Waals surface area contributed by atoms with Gasteiger partial charge in [-0.2, -0.15) is 0 Å². The highest BCUT2D eigenvalue weighted by Crippen LogP contribution is 2.60. The lowest BCUT2D eigenvalue weighted by Gasteiger charge is -2.20. The Kier molecular flexibility index (Phi) is 5.36. The van der Waals surface area contributed by atoms with Crippen LogP contribution in [0.25, 0.3) is 0 Å². The van der Waals surface area contributed by atoms with E-state index in [1.54, 1.807) is 21.3 Å². The number of benzene rings is 3. The van der Waals surface area contributed by atoms with Crippen LogP contribution in [0.5, 0.6) is 17.2 Å². The number of hydrogen-bond donors (Lipinski definition) is 1. The summed E-state index contributed by atoms with van der Waals surface area (Å²) in [5.74, 6) is 2.02. The lowest BCUT2D eigenvalue weighted by Crippen LogP contribution is -2.22. The Morgan fingerprint density at radius 1 is 0.800 bits per heavy atom. The van der Waals surface area contributed by atoms with Crippen molar-refractivity contribution in [1.82, 2.24) is 0 Å². The van der Waals surface area contributed by atoms with Gasteiger partial charge in [0, 0.05) is 17.2 Å². The number of amides is 1. The molecule has 0 bridgehead atoms. The molecule has 0 aliphatic heterocycles. The average molecular weight is 403 g/mol. The van der Waals surface area contributed by atoms with Crippen LogP contribution in [0.15, 0.2) is 72.8 Å². The van der Waals surface area contributed by atoms with Crippen LogP contribution >= 0.6 is 0 Å². The van der Waals surface area contributed by atoms with E-state index >= 15 is 0 Å². The van der Waals surface area contributed by atoms with Gasteiger partial charge in [-0.25, -0.2) is 0 Å². The highest BCUT2D eigenvalue weighted by molar-refractivity contribution is 5.97. The third-order valence-electron chi connectivity index (χ3n) is 5.78. The summed E-state index contributed by atoms with van der Waals surface area (Å²) in [6.07, 6.45) is 0.711. The van der Waals surface area contributed by atoms with Gasteiger partial charge in [0.1, 0.15) is 17.2 Å². The van der Waals surface area contributed by atoms with Crippen LogP contribution in [0.3, 0.4) is 0 Å². The molecule has 3 aromatic carbocycles. The second-order valence-corrected chi connectivity index (χ2v) is 7.41. The fourth-order valence-electron chi connectivity index (χ4n) is 4.12. The maximum Gasteiger partial charge on any atom is 0.228 e. The molecule has 5 heteroatoms. The zero-order valence-electron chi connectivity index (χ0n) is 17.3. The molecule has 1 saturated carbocycles. The summed E-state index contributed by atoms with van der Waals surface area (Å²) in [6, 6.07) is 23.3. The van der Waals surface area contributed by atoms with Crippen LogP contribution < -0.4 is 19.5 Å². The zero-order chi connectivity index (χ0) is 21.1. The number of rotatable bonds is 7. The summed E-state index contributed by atoms with van der Waals surface area (Å²) in [5, 5.41) is 3.05. The van der Waals surface area contributed by atoms with E-state index in [4.69, 9.17) is 14.2 Å². The first-order chi connectivity index (χ1) is 14.6. The van der Waals surface area contributed by atoms with Crippen LogP contribution in [0.1, 0.15) is 17.5 Å². The van der Waals surface area contributed by atoms with E-state index in [9.17, 15) is 4.79 Å². The number of carbonyl (C=O) groups is 1. The van der Waals surface area contributed by atoms with Crippen molar-refractivity contribution in [2.75, 3.05) is 26.6 Å². The molecule has 1 aliphatic carbocycles. The molecule has 0 spiro atoms. The fourth-order valence-corrected chi connectivity index (χ4v) is 4.12. The van der Waals surface area contributed by atoms with Crippen LogP contribution in [0, 0.1) is 5.92 Å². The van der Waals surface area contributed by atoms with Crippen LogP contribution in [-0.2, 0) is 10.2 Å². The summed E-state index contributed by atoms with van der Waals surface area (Å²) >= 11 is 0. The summed E-state index contributed by atoms with van der Waals surface area (Å²) in [6.45, 7) is 0. The minimum Gasteiger partial charge on any atom is -0.497 e. The van der Waals surface area contributed by atoms with Crippen LogP contribution in [0.2, 0.25) is 0 Å². The predicted octanol–water partition coefficient (Wildman–Crippen LogP) is 4.66. The first-order valence-corrected chi connectivity index (χ1v) is 9.84. The Hall–Kier alpha value is -3.47. The number of carbonyl (C=O) groups excluding carboxylic acids is 1. The van der Waals surface area contributed by atoms with Gasteiger partial charge < -0.3 is 19.5 Å². The van der Waals surface area contributed by atoms with Gasteiger partial charge in [-0.05, 0) is 53.9 Å². The van der Waals surface area contributed by atoms with Gasteiger partial charge in [0.05, 0.1) is 27.2 Å². The van der Waals surface area contributed by atoms with Gasteiger partial charge in [0.2, 0.25) is 5.91 Å². The molecule has 154 valence electrons. The third kappa shape index (κ3) is 3.59. The normalized spacial score (nSPS) is 16.4. The van der Waals surface area contributed by atoms with E-state index in [-0.39, 0.29) is 11.8 Å². The van der Waals surface area contributed by atoms with E-state index in [2.05, 4.69) is 17.4 Å². The van der Waals surface area contributed by atoms with E-state index in [1.165, 1.54) is 0 Å². The van der Waals surface area contributed by atoms with Crippen LogP contribution in [-0.4, -0.2) is 27.2 Å². The minimum atomic E-state index is -0.425. The second kappa shape index (κ2) is 8.11. The van der Waals surface area contributed by atoms with Crippen molar-refractivity contribution in [1.29, 1.82) is 0 Å². The summed E-state index contributed by atoms with van der Waals surface area (Å²) in [5.41, 5.74) is 2.41. The predicted molar refractivity (Wildman–Crippen MR) is 116 cm³/mol. The Labute approximate surface area is 176 Å². The topological polar surface area (TPSA) is 56.8 Å². The van der Waals surface area contributed by atoms with Gasteiger partial charge in [-0.15, -0.1) is 0 Å². The molecular weight excluding hydrogens is 378 g/mol. The maximum atomic E-state index is 13.2. The number of ether oxygens (including phenoxy) is 3. The smallest absolute Gasteiger partial charge is 0.228 e. The van der Waals surface area contributed by atoms with Crippen molar-refractivity contribution in [2.24, 2.45) is 5.92 Å². The van der Waals surface area contributed by atoms with Crippen molar-refractivity contribution in [2.45, 2.75) is 11.8 Å². The fraction of sp³-hybridized carbons (Fsp3) is 0.240. The second-order valence-electron chi connectivity index (χ2n) is 7.41. The molecule has 1 N–H and O–H groups in total. The standard InChI is InChI=1S/C25H25NO4/c1-28-20-10-4-7-17(13-20)25(18-8-5-11-21(14-18)29-2)16-23(25)24(27)26-19-9-6-12-22(15-19)30-3/h4-15,23H,16H2,1-3H3,(H,26,27)/t23-/m0/s1. The molecule has 30 heavy (non-hydrogen) atoms. The molecule has 1 aliphatic rings. The molecule has 0 heterocycles. The Balaban J connectivity index is 1.69. The van der Waals surface area contributed by atoms with Crippen molar-refractivity contribution >= 4 is 11.6 Å². The summed E-state index contributed by atoms with van der Waals surface area (Å²) in [4.78, 5) is 13.2. The molecule has 1 atom stereocenters. The molecule has 0 radical (unpaired) electrons. The lowest BCUT2D eigenvalue weighted by atomic mass is 9.85. The van der Waals surface area contributed by atoms with Gasteiger partial charge >= 0.3 is 0 Å². The SMILES string of the molecule is COc1cccc(NC(=O)[C@@H]2CC2(c2cccc(OC)c2)c2cccc(OC)c2)c1. The molecule has 1 fully saturated rings. The van der Waals surface area contributed by atoms with Crippen LogP contribution in [0.4, 0.5) is 5.69 Å². The number of anilines is 1. The zero-order valence-corrected chi connectivity index (χ0v) is 17.3. The van der Waals surface area contributed by atoms with Gasteiger partial charge in [-0.1, -0.05) is 30.3 Å². The van der Waals surface area contributed by atoms with E-state index < -0.39 is 5.41 Å². The summed E-state index contributed by atoms with van der Waals surface area (Å²) < 4.78 is 16.1. The van der Waals surface area contributed by atoms with Gasteiger partial charge in [0.15, 0.2) is 0 Å². The first kappa shape index (κ1) is 19.8. The molecule has 1 amide bonds. The van der Waals surface area contributed by atoms with E-state index in [1.807, 2.05) is 60.7 Å². The third-order valence-corrected chi connectivity index (χ3v) is 5.78. The van der Waals surface area contributed by atoms with Gasteiger partial charge in [0.25, 0.3) is 0 Å². The van der Waals surface area contributed by atoms with Crippen molar-refractivity contribution < 1.29 is 19.0 Å². The van der Waals surface area contributed by atoms with Crippen molar-refractivity contribution in [3.63, 3.8) is 0 Å². The Morgan fingerprint density at radius 2 is 1.30 bits per heavy atom. The van der Waals surface area contributed by atoms with Crippen molar-refractivity contribution in [3.8, 4) is 17.2 Å². The molecule has 5 nitrogen and oxygen atoms in total. The van der Waals surface area contributed by atoms with Gasteiger partial charge in [-0.3, -0.25) is 4.79 Å². The lowest BCUT2D eigenvalue weighted by molar-refractivity contribution is -0.117. The molecule has 0 unspecified atom stereocenters. The molecule has 3 aromatic rings. The number of methoxy groups -OCH3 is 3. The molecular formula is C25H25NO4. The highest BCUT2D eigenvalue weighted by Gasteiger charge is 2.60. The number of hydrogen-bond acceptors (Lipinski definition) is 4.